The predicted molar refractivity (Wildman–Crippen MR) is 116 cm³/mol. The van der Waals surface area contributed by atoms with E-state index in [0.717, 1.165) is 6.20 Å². The first kappa shape index (κ1) is 22.9. The number of fused-ring (bicyclic) bond motifs is 1. The Balaban J connectivity index is 1.75. The maximum Gasteiger partial charge on any atom is 0.421 e. The van der Waals surface area contributed by atoms with Gasteiger partial charge in [0.15, 0.2) is 5.60 Å². The number of anilines is 1. The topological polar surface area (TPSA) is 87.8 Å². The number of imidazole rings is 1. The molecular weight excluding hydrogens is 547 g/mol. The number of nitrogens with zero attached hydrogens (tertiary/aromatic N) is 5. The van der Waals surface area contributed by atoms with E-state index in [0.29, 0.717) is 30.5 Å². The molecule has 0 bridgehead atoms. The minimum Gasteiger partial charge on any atom is -0.496 e. The fourth-order valence-corrected chi connectivity index (χ4v) is 4.27. The lowest BCUT2D eigenvalue weighted by molar-refractivity contribution is -0.259. The van der Waals surface area contributed by atoms with E-state index in [2.05, 4.69) is 20.3 Å². The molecule has 1 fully saturated rings. The third kappa shape index (κ3) is 4.08. The van der Waals surface area contributed by atoms with E-state index in [1.165, 1.54) is 30.0 Å². The van der Waals surface area contributed by atoms with Gasteiger partial charge in [-0.1, -0.05) is 0 Å². The molecule has 0 saturated carbocycles. The standard InChI is InChI=1S/C19H19F4IN6O2/c1-18(31,19(21,22)23)10-7-30-14(6-26-16(30)5-15(10)32-2)12-3-4-25-17(27-12)28-13-9-29(24)8-11(13)20/h3-7,11,13,31H,8-9H2,1-2H3,(H,25,27,28)/t11-,13-,18?/m0/s1. The van der Waals surface area contributed by atoms with Crippen molar-refractivity contribution in [2.45, 2.75) is 30.9 Å². The number of halogens is 5. The Labute approximate surface area is 194 Å². The van der Waals surface area contributed by atoms with Crippen molar-refractivity contribution in [2.24, 2.45) is 0 Å². The highest BCUT2D eigenvalue weighted by atomic mass is 127. The Bertz CT molecular complexity index is 1140. The maximum atomic E-state index is 14.1. The number of ether oxygens (including phenoxy) is 1. The molecular formula is C19H19F4IN6O2. The molecule has 13 heteroatoms. The number of methoxy groups -OCH3 is 1. The molecule has 1 saturated heterocycles. The lowest BCUT2D eigenvalue weighted by Crippen LogP contribution is -2.39. The van der Waals surface area contributed by atoms with Crippen molar-refractivity contribution < 1.29 is 27.4 Å². The highest BCUT2D eigenvalue weighted by Gasteiger charge is 2.53. The Morgan fingerprint density at radius 2 is 2.03 bits per heavy atom. The van der Waals surface area contributed by atoms with Crippen molar-refractivity contribution in [3.8, 4) is 17.1 Å². The zero-order valence-corrected chi connectivity index (χ0v) is 19.1. The summed E-state index contributed by atoms with van der Waals surface area (Å²) in [5.41, 5.74) is -2.61. The van der Waals surface area contributed by atoms with Crippen LogP contribution in [0, 0.1) is 0 Å². The van der Waals surface area contributed by atoms with E-state index in [1.807, 2.05) is 26.0 Å². The first-order valence-corrected chi connectivity index (χ1v) is 10.5. The van der Waals surface area contributed by atoms with E-state index < -0.39 is 29.6 Å². The Kier molecular flexibility index (Phi) is 5.92. The van der Waals surface area contributed by atoms with Crippen molar-refractivity contribution in [3.05, 3.63) is 36.3 Å². The quantitative estimate of drug-likeness (QED) is 0.279. The van der Waals surface area contributed by atoms with Gasteiger partial charge in [-0.3, -0.25) is 4.40 Å². The molecule has 4 heterocycles. The number of hydrogen-bond acceptors (Lipinski definition) is 7. The number of rotatable bonds is 5. The molecule has 3 atom stereocenters. The molecule has 0 aliphatic carbocycles. The number of aliphatic hydroxyl groups is 1. The molecule has 1 aliphatic heterocycles. The van der Waals surface area contributed by atoms with Crippen LogP contribution in [0.2, 0.25) is 0 Å². The van der Waals surface area contributed by atoms with Crippen molar-refractivity contribution in [1.82, 2.24) is 22.5 Å². The summed E-state index contributed by atoms with van der Waals surface area (Å²) in [5, 5.41) is 13.2. The molecule has 4 rings (SSSR count). The summed E-state index contributed by atoms with van der Waals surface area (Å²) in [6.07, 6.45) is -1.99. The average molecular weight is 566 g/mol. The van der Waals surface area contributed by atoms with Crippen LogP contribution in [0.25, 0.3) is 17.0 Å². The first-order valence-electron chi connectivity index (χ1n) is 9.50. The van der Waals surface area contributed by atoms with E-state index >= 15 is 0 Å². The van der Waals surface area contributed by atoms with Gasteiger partial charge in [0.1, 0.15) is 17.6 Å². The molecule has 3 aromatic rings. The van der Waals surface area contributed by atoms with Crippen LogP contribution in [0.4, 0.5) is 23.5 Å². The highest BCUT2D eigenvalue weighted by Crippen LogP contribution is 2.43. The second-order valence-electron chi connectivity index (χ2n) is 7.56. The van der Waals surface area contributed by atoms with Gasteiger partial charge in [-0.25, -0.2) is 22.5 Å². The van der Waals surface area contributed by atoms with Gasteiger partial charge in [0.05, 0.1) is 36.3 Å². The Hall–Kier alpha value is -2.26. The summed E-state index contributed by atoms with van der Waals surface area (Å²) < 4.78 is 62.9. The van der Waals surface area contributed by atoms with Crippen molar-refractivity contribution in [3.63, 3.8) is 0 Å². The number of aromatic nitrogens is 4. The van der Waals surface area contributed by atoms with Crippen LogP contribution < -0.4 is 10.1 Å². The number of alkyl halides is 4. The van der Waals surface area contributed by atoms with Crippen LogP contribution in [0.1, 0.15) is 12.5 Å². The lowest BCUT2D eigenvalue weighted by Gasteiger charge is -2.28. The molecule has 2 N–H and O–H groups in total. The van der Waals surface area contributed by atoms with Gasteiger partial charge in [-0.05, 0) is 13.0 Å². The van der Waals surface area contributed by atoms with Gasteiger partial charge in [0.25, 0.3) is 0 Å². The maximum absolute atomic E-state index is 14.1. The third-order valence-electron chi connectivity index (χ3n) is 5.34. The summed E-state index contributed by atoms with van der Waals surface area (Å²) in [4.78, 5) is 12.7. The molecule has 172 valence electrons. The average Bonchev–Trinajstić information content (AvgIpc) is 3.28. The predicted octanol–water partition coefficient (Wildman–Crippen LogP) is 3.35. The molecule has 1 unspecified atom stereocenters. The lowest BCUT2D eigenvalue weighted by atomic mass is 9.96. The monoisotopic (exact) mass is 566 g/mol. The van der Waals surface area contributed by atoms with Crippen LogP contribution in [0.15, 0.2) is 30.7 Å². The first-order chi connectivity index (χ1) is 15.0. The van der Waals surface area contributed by atoms with Crippen LogP contribution in [-0.4, -0.2) is 66.2 Å². The highest BCUT2D eigenvalue weighted by molar-refractivity contribution is 14.1. The fraction of sp³-hybridized carbons (Fsp3) is 0.421. The summed E-state index contributed by atoms with van der Waals surface area (Å²) in [6.45, 7) is 1.42. The van der Waals surface area contributed by atoms with Crippen molar-refractivity contribution in [2.75, 3.05) is 25.5 Å². The molecule has 1 aliphatic rings. The summed E-state index contributed by atoms with van der Waals surface area (Å²) >= 11 is 2.04. The molecule has 0 amide bonds. The fourth-order valence-electron chi connectivity index (χ4n) is 3.47. The van der Waals surface area contributed by atoms with Gasteiger partial charge in [0.2, 0.25) is 5.95 Å². The van der Waals surface area contributed by atoms with Gasteiger partial charge >= 0.3 is 6.18 Å². The third-order valence-corrected chi connectivity index (χ3v) is 6.13. The van der Waals surface area contributed by atoms with E-state index in [-0.39, 0.29) is 18.2 Å². The van der Waals surface area contributed by atoms with Crippen molar-refractivity contribution in [1.29, 1.82) is 0 Å². The smallest absolute Gasteiger partial charge is 0.421 e. The number of pyridine rings is 1. The summed E-state index contributed by atoms with van der Waals surface area (Å²) in [7, 11) is 1.21. The normalized spacial score (nSPS) is 21.6. The largest absolute Gasteiger partial charge is 0.496 e. The van der Waals surface area contributed by atoms with Crippen LogP contribution in [0.3, 0.4) is 0 Å². The van der Waals surface area contributed by atoms with Crippen molar-refractivity contribution >= 4 is 34.5 Å². The van der Waals surface area contributed by atoms with Crippen LogP contribution in [0.5, 0.6) is 5.75 Å². The summed E-state index contributed by atoms with van der Waals surface area (Å²) in [6, 6.07) is 2.38. The Morgan fingerprint density at radius 3 is 2.66 bits per heavy atom. The number of nitrogens with one attached hydrogen (secondary N) is 1. The van der Waals surface area contributed by atoms with Gasteiger partial charge in [-0.15, -0.1) is 0 Å². The molecule has 0 aromatic carbocycles. The molecule has 0 radical (unpaired) electrons. The number of hydrogen-bond donors (Lipinski definition) is 2. The zero-order valence-electron chi connectivity index (χ0n) is 16.9. The second-order valence-corrected chi connectivity index (χ2v) is 8.92. The van der Waals surface area contributed by atoms with Gasteiger partial charge in [0, 0.05) is 54.4 Å². The van der Waals surface area contributed by atoms with Crippen LogP contribution >= 0.6 is 22.9 Å². The van der Waals surface area contributed by atoms with E-state index in [1.54, 1.807) is 6.07 Å². The molecule has 32 heavy (non-hydrogen) atoms. The minimum absolute atomic E-state index is 0.152. The van der Waals surface area contributed by atoms with E-state index in [9.17, 15) is 22.7 Å². The summed E-state index contributed by atoms with van der Waals surface area (Å²) in [5.74, 6) is 0.0356. The zero-order chi connectivity index (χ0) is 23.3. The molecule has 8 nitrogen and oxygen atoms in total. The molecule has 3 aromatic heterocycles. The van der Waals surface area contributed by atoms with Gasteiger partial charge in [-0.2, -0.15) is 13.2 Å². The van der Waals surface area contributed by atoms with E-state index in [4.69, 9.17) is 4.74 Å². The van der Waals surface area contributed by atoms with Gasteiger partial charge < -0.3 is 15.2 Å². The molecule has 0 spiro atoms. The second kappa shape index (κ2) is 8.26. The minimum atomic E-state index is -4.93. The SMILES string of the molecule is COc1cc2ncc(-c3ccnc(N[C@H]4CN(I)C[C@@H]4F)n3)n2cc1C(C)(O)C(F)(F)F. The van der Waals surface area contributed by atoms with Crippen LogP contribution in [-0.2, 0) is 5.60 Å². The Morgan fingerprint density at radius 1 is 1.28 bits per heavy atom.